The van der Waals surface area contributed by atoms with Crippen LogP contribution in [0.2, 0.25) is 0 Å². The Kier molecular flexibility index (Phi) is 8.52. The number of nitrogens with zero attached hydrogens (tertiary/aromatic N) is 2. The summed E-state index contributed by atoms with van der Waals surface area (Å²) >= 11 is 0. The van der Waals surface area contributed by atoms with Crippen LogP contribution in [-0.4, -0.2) is 9.13 Å². The molecule has 2 nitrogen and oxygen atoms in total. The smallest absolute Gasteiger partial charge is 0.0541 e. The highest BCUT2D eigenvalue weighted by Gasteiger charge is 2.23. The maximum Gasteiger partial charge on any atom is 0.0541 e. The molecule has 0 amide bonds. The molecule has 0 saturated carbocycles. The zero-order chi connectivity index (χ0) is 45.9. The molecule has 15 rings (SSSR count). The van der Waals surface area contributed by atoms with Gasteiger partial charge in [0.15, 0.2) is 0 Å². The quantitative estimate of drug-likeness (QED) is 0.157. The first-order chi connectivity index (χ1) is 34.7. The van der Waals surface area contributed by atoms with Gasteiger partial charge in [-0.15, -0.1) is 0 Å². The molecule has 70 heavy (non-hydrogen) atoms. The van der Waals surface area contributed by atoms with E-state index >= 15 is 0 Å². The molecule has 2 heteroatoms. The first-order valence-corrected chi connectivity index (χ1v) is 24.5. The van der Waals surface area contributed by atoms with Crippen molar-refractivity contribution in [1.29, 1.82) is 0 Å². The zero-order valence-corrected chi connectivity index (χ0v) is 38.4. The molecule has 0 saturated heterocycles. The van der Waals surface area contributed by atoms with Crippen LogP contribution in [0.5, 0.6) is 0 Å². The molecule has 2 aromatic heterocycles. The lowest BCUT2D eigenvalue weighted by atomic mass is 9.93. The van der Waals surface area contributed by atoms with Crippen molar-refractivity contribution in [2.24, 2.45) is 0 Å². The van der Waals surface area contributed by atoms with Crippen molar-refractivity contribution in [3.05, 3.63) is 265 Å². The molecule has 326 valence electrons. The number of hydrogen-bond acceptors (Lipinski definition) is 0. The van der Waals surface area contributed by atoms with E-state index in [1.54, 1.807) is 0 Å². The SMILES string of the molecule is c1ccc(-n2c3ccccc3c3cc(-c4ccc5c(c4)-c4cc(-c6cccc(-c7ccc8c(c7)-c7cc(-c9ccc%10c(c9)c9ccccc9n%10-c9ccccc9)ccc7C8)c6)ccc4C5)ccc32)cc1. The summed E-state index contributed by atoms with van der Waals surface area (Å²) in [6.45, 7) is 0. The molecule has 0 atom stereocenters. The van der Waals surface area contributed by atoms with E-state index in [0.717, 1.165) is 12.8 Å². The third kappa shape index (κ3) is 6.06. The summed E-state index contributed by atoms with van der Waals surface area (Å²) in [5, 5.41) is 5.09. The van der Waals surface area contributed by atoms with Crippen molar-refractivity contribution < 1.29 is 0 Å². The zero-order valence-electron chi connectivity index (χ0n) is 38.4. The average molecular weight is 889 g/mol. The Bertz CT molecular complexity index is 4010. The van der Waals surface area contributed by atoms with E-state index < -0.39 is 0 Å². The van der Waals surface area contributed by atoms with Gasteiger partial charge in [0.25, 0.3) is 0 Å². The summed E-state index contributed by atoms with van der Waals surface area (Å²) in [6, 6.07) is 90.4. The summed E-state index contributed by atoms with van der Waals surface area (Å²) in [5.41, 5.74) is 28.1. The van der Waals surface area contributed by atoms with Gasteiger partial charge >= 0.3 is 0 Å². The van der Waals surface area contributed by atoms with Gasteiger partial charge in [0.05, 0.1) is 22.1 Å². The van der Waals surface area contributed by atoms with Gasteiger partial charge < -0.3 is 9.13 Å². The monoisotopic (exact) mass is 888 g/mol. The second kappa shape index (κ2) is 15.3. The van der Waals surface area contributed by atoms with E-state index in [4.69, 9.17) is 0 Å². The van der Waals surface area contributed by atoms with E-state index in [9.17, 15) is 0 Å². The molecule has 0 spiro atoms. The third-order valence-corrected chi connectivity index (χ3v) is 15.4. The predicted octanol–water partition coefficient (Wildman–Crippen LogP) is 17.7. The van der Waals surface area contributed by atoms with Gasteiger partial charge in [0, 0.05) is 32.9 Å². The molecule has 0 radical (unpaired) electrons. The topological polar surface area (TPSA) is 9.86 Å². The molecule has 0 N–H and O–H groups in total. The number of para-hydroxylation sites is 4. The Morgan fingerprint density at radius 2 is 0.529 bits per heavy atom. The lowest BCUT2D eigenvalue weighted by Gasteiger charge is -2.11. The summed E-state index contributed by atoms with van der Waals surface area (Å²) < 4.78 is 4.77. The first kappa shape index (κ1) is 39.1. The third-order valence-electron chi connectivity index (χ3n) is 15.4. The molecule has 11 aromatic carbocycles. The second-order valence-electron chi connectivity index (χ2n) is 19.3. The number of fused-ring (bicyclic) bond motifs is 12. The predicted molar refractivity (Wildman–Crippen MR) is 293 cm³/mol. The summed E-state index contributed by atoms with van der Waals surface area (Å²) in [6.07, 6.45) is 1.92. The standard InChI is InChI=1S/C68H44N2/c1-3-14-55(15-4-1)69-65-20-9-7-18-57(65)63-41-49(30-32-67(63)69)47-24-28-53-35-51-26-22-45(37-59(51)61(53)39-47)43-12-11-13-44(34-43)46-23-27-52-36-54-29-25-48(40-62(54)60(52)38-46)50-31-33-68-64(42-50)58-19-8-10-21-66(58)70(68)56-16-5-2-6-17-56/h1-34,37-42H,35-36H2. The van der Waals surface area contributed by atoms with E-state index in [-0.39, 0.29) is 0 Å². The van der Waals surface area contributed by atoms with E-state index in [0.29, 0.717) is 0 Å². The normalized spacial score (nSPS) is 12.5. The molecule has 2 aliphatic rings. The Morgan fingerprint density at radius 3 is 0.929 bits per heavy atom. The minimum Gasteiger partial charge on any atom is -0.309 e. The van der Waals surface area contributed by atoms with E-state index in [1.807, 2.05) is 0 Å². The molecule has 2 aliphatic carbocycles. The molecule has 0 aliphatic heterocycles. The molecule has 13 aromatic rings. The maximum absolute atomic E-state index is 2.43. The lowest BCUT2D eigenvalue weighted by Crippen LogP contribution is -1.92. The Morgan fingerprint density at radius 1 is 0.214 bits per heavy atom. The van der Waals surface area contributed by atoms with Crippen LogP contribution in [0.4, 0.5) is 0 Å². The van der Waals surface area contributed by atoms with Gasteiger partial charge in [-0.3, -0.25) is 0 Å². The fraction of sp³-hybridized carbons (Fsp3) is 0.0294. The van der Waals surface area contributed by atoms with Crippen LogP contribution in [0.25, 0.3) is 122 Å². The van der Waals surface area contributed by atoms with Crippen LogP contribution in [-0.2, 0) is 12.8 Å². The summed E-state index contributed by atoms with van der Waals surface area (Å²) in [5.74, 6) is 0. The Balaban J connectivity index is 0.749. The fourth-order valence-electron chi connectivity index (χ4n) is 11.9. The average Bonchev–Trinajstić information content (AvgIpc) is 4.18. The highest BCUT2D eigenvalue weighted by atomic mass is 15.0. The van der Waals surface area contributed by atoms with Crippen molar-refractivity contribution in [1.82, 2.24) is 9.13 Å². The van der Waals surface area contributed by atoms with Crippen molar-refractivity contribution in [3.63, 3.8) is 0 Å². The number of hydrogen-bond donors (Lipinski definition) is 0. The fourth-order valence-corrected chi connectivity index (χ4v) is 11.9. The van der Waals surface area contributed by atoms with Gasteiger partial charge in [-0.05, 0) is 193 Å². The summed E-state index contributed by atoms with van der Waals surface area (Å²) in [7, 11) is 0. The maximum atomic E-state index is 2.43. The van der Waals surface area contributed by atoms with Crippen LogP contribution in [0.15, 0.2) is 243 Å². The van der Waals surface area contributed by atoms with Gasteiger partial charge in [0.2, 0.25) is 0 Å². The van der Waals surface area contributed by atoms with Crippen LogP contribution in [0.3, 0.4) is 0 Å². The Hall–Kier alpha value is -8.98. The van der Waals surface area contributed by atoms with Gasteiger partial charge in [0.1, 0.15) is 0 Å². The minimum absolute atomic E-state index is 0.959. The highest BCUT2D eigenvalue weighted by Crippen LogP contribution is 2.45. The van der Waals surface area contributed by atoms with E-state index in [1.165, 1.54) is 144 Å². The van der Waals surface area contributed by atoms with Crippen LogP contribution >= 0.6 is 0 Å². The summed E-state index contributed by atoms with van der Waals surface area (Å²) in [4.78, 5) is 0. The number of aromatic nitrogens is 2. The van der Waals surface area contributed by atoms with Crippen LogP contribution in [0, 0.1) is 0 Å². The van der Waals surface area contributed by atoms with Gasteiger partial charge in [-0.2, -0.15) is 0 Å². The van der Waals surface area contributed by atoms with Crippen LogP contribution in [0.1, 0.15) is 22.3 Å². The first-order valence-electron chi connectivity index (χ1n) is 24.5. The molecular formula is C68H44N2. The van der Waals surface area contributed by atoms with Crippen LogP contribution < -0.4 is 0 Å². The van der Waals surface area contributed by atoms with Gasteiger partial charge in [-0.25, -0.2) is 0 Å². The molecule has 0 unspecified atom stereocenters. The van der Waals surface area contributed by atoms with Crippen molar-refractivity contribution in [2.75, 3.05) is 0 Å². The lowest BCUT2D eigenvalue weighted by molar-refractivity contribution is 1.18. The van der Waals surface area contributed by atoms with Crippen molar-refractivity contribution in [3.8, 4) is 78.1 Å². The number of rotatable bonds is 6. The van der Waals surface area contributed by atoms with E-state index in [2.05, 4.69) is 252 Å². The molecule has 0 bridgehead atoms. The highest BCUT2D eigenvalue weighted by molar-refractivity contribution is 6.12. The second-order valence-corrected chi connectivity index (χ2v) is 19.3. The molecular weight excluding hydrogens is 845 g/mol. The van der Waals surface area contributed by atoms with Crippen molar-refractivity contribution >= 4 is 43.6 Å². The minimum atomic E-state index is 0.959. The molecule has 2 heterocycles. The largest absolute Gasteiger partial charge is 0.309 e. The Labute approximate surface area is 406 Å². The number of benzene rings is 11. The molecule has 0 fully saturated rings. The van der Waals surface area contributed by atoms with Gasteiger partial charge in [-0.1, -0.05) is 152 Å². The van der Waals surface area contributed by atoms with Crippen molar-refractivity contribution in [2.45, 2.75) is 12.8 Å².